The second-order valence-corrected chi connectivity index (χ2v) is 6.99. The van der Waals surface area contributed by atoms with E-state index < -0.39 is 10.9 Å². The largest absolute Gasteiger partial charge is 0.451 e. The number of aromatic nitrogens is 2. The number of carbonyl (C=O) groups excluding carboxylic acids is 1. The molecular formula is C19H13N3O5S. The summed E-state index contributed by atoms with van der Waals surface area (Å²) in [6.45, 7) is 1.72. The van der Waals surface area contributed by atoms with Crippen LogP contribution in [0.3, 0.4) is 0 Å². The molecule has 2 heterocycles. The van der Waals surface area contributed by atoms with Crippen molar-refractivity contribution in [2.45, 2.75) is 13.5 Å². The van der Waals surface area contributed by atoms with E-state index in [0.717, 1.165) is 15.6 Å². The highest BCUT2D eigenvalue weighted by atomic mass is 32.1. The first-order valence-electron chi connectivity index (χ1n) is 8.25. The lowest BCUT2D eigenvalue weighted by Crippen LogP contribution is -2.04. The summed E-state index contributed by atoms with van der Waals surface area (Å²) in [5.41, 5.74) is 1.38. The highest BCUT2D eigenvalue weighted by molar-refractivity contribution is 7.21. The third-order valence-electron chi connectivity index (χ3n) is 4.15. The Hall–Kier alpha value is -3.59. The molecule has 2 aromatic carbocycles. The first-order valence-corrected chi connectivity index (χ1v) is 9.07. The molecule has 0 N–H and O–H groups in total. The Morgan fingerprint density at radius 2 is 1.93 bits per heavy atom. The maximum Gasteiger partial charge on any atom is 0.349 e. The number of fused-ring (bicyclic) bond motifs is 1. The number of benzene rings is 2. The Balaban J connectivity index is 1.46. The SMILES string of the molecule is Cc1c(C(=O)OCc2nnc(-c3ccc([N+](=O)[O-])cc3)o2)sc2ccccc12. The molecule has 0 spiro atoms. The lowest BCUT2D eigenvalue weighted by molar-refractivity contribution is -0.384. The van der Waals surface area contributed by atoms with Gasteiger partial charge in [-0.2, -0.15) is 0 Å². The first-order chi connectivity index (χ1) is 13.5. The fourth-order valence-electron chi connectivity index (χ4n) is 2.72. The van der Waals surface area contributed by atoms with Crippen LogP contribution in [0.5, 0.6) is 0 Å². The predicted octanol–water partition coefficient (Wildman–Crippen LogP) is 4.52. The third kappa shape index (κ3) is 3.35. The molecule has 140 valence electrons. The summed E-state index contributed by atoms with van der Waals surface area (Å²) >= 11 is 1.38. The topological polar surface area (TPSA) is 108 Å². The summed E-state index contributed by atoms with van der Waals surface area (Å²) in [6.07, 6.45) is 0. The Morgan fingerprint density at radius 3 is 2.64 bits per heavy atom. The van der Waals surface area contributed by atoms with Gasteiger partial charge in [-0.1, -0.05) is 18.2 Å². The van der Waals surface area contributed by atoms with Crippen LogP contribution in [-0.2, 0) is 11.3 Å². The van der Waals surface area contributed by atoms with E-state index in [2.05, 4.69) is 10.2 Å². The fraction of sp³-hybridized carbons (Fsp3) is 0.105. The molecule has 28 heavy (non-hydrogen) atoms. The number of esters is 1. The molecule has 0 amide bonds. The molecule has 0 saturated carbocycles. The Bertz CT molecular complexity index is 1180. The molecule has 0 atom stereocenters. The zero-order valence-electron chi connectivity index (χ0n) is 14.6. The molecular weight excluding hydrogens is 382 g/mol. The van der Waals surface area contributed by atoms with Gasteiger partial charge in [-0.3, -0.25) is 10.1 Å². The molecule has 0 radical (unpaired) electrons. The van der Waals surface area contributed by atoms with E-state index in [0.29, 0.717) is 10.4 Å². The molecule has 4 aromatic rings. The van der Waals surface area contributed by atoms with E-state index in [1.54, 1.807) is 0 Å². The molecule has 0 fully saturated rings. The van der Waals surface area contributed by atoms with Gasteiger partial charge in [0.05, 0.1) is 4.92 Å². The molecule has 0 unspecified atom stereocenters. The summed E-state index contributed by atoms with van der Waals surface area (Å²) in [5.74, 6) is -0.117. The Morgan fingerprint density at radius 1 is 1.18 bits per heavy atom. The number of hydrogen-bond donors (Lipinski definition) is 0. The number of hydrogen-bond acceptors (Lipinski definition) is 8. The molecule has 0 aliphatic carbocycles. The summed E-state index contributed by atoms with van der Waals surface area (Å²) in [4.78, 5) is 23.2. The van der Waals surface area contributed by atoms with Gasteiger partial charge < -0.3 is 9.15 Å². The quantitative estimate of drug-likeness (QED) is 0.277. The van der Waals surface area contributed by atoms with E-state index in [1.807, 2.05) is 31.2 Å². The maximum atomic E-state index is 12.4. The lowest BCUT2D eigenvalue weighted by Gasteiger charge is -2.00. The van der Waals surface area contributed by atoms with E-state index in [1.165, 1.54) is 35.6 Å². The smallest absolute Gasteiger partial charge is 0.349 e. The number of nitro benzene ring substituents is 1. The van der Waals surface area contributed by atoms with E-state index in [4.69, 9.17) is 9.15 Å². The molecule has 9 heteroatoms. The van der Waals surface area contributed by atoms with Gasteiger partial charge in [-0.15, -0.1) is 21.5 Å². The van der Waals surface area contributed by atoms with Crippen molar-refractivity contribution in [3.8, 4) is 11.5 Å². The van der Waals surface area contributed by atoms with Gasteiger partial charge in [0.2, 0.25) is 5.89 Å². The number of ether oxygens (including phenoxy) is 1. The van der Waals surface area contributed by atoms with Crippen LogP contribution in [0.2, 0.25) is 0 Å². The van der Waals surface area contributed by atoms with Crippen molar-refractivity contribution in [3.05, 3.63) is 75.0 Å². The monoisotopic (exact) mass is 395 g/mol. The number of aryl methyl sites for hydroxylation is 1. The highest BCUT2D eigenvalue weighted by Crippen LogP contribution is 2.31. The van der Waals surface area contributed by atoms with Gasteiger partial charge in [0.15, 0.2) is 6.61 Å². The Kier molecular flexibility index (Phi) is 4.58. The minimum atomic E-state index is -0.488. The number of rotatable bonds is 5. The van der Waals surface area contributed by atoms with Gasteiger partial charge in [-0.25, -0.2) is 4.79 Å². The molecule has 0 saturated heterocycles. The number of carbonyl (C=O) groups is 1. The third-order valence-corrected chi connectivity index (χ3v) is 5.40. The van der Waals surface area contributed by atoms with Crippen molar-refractivity contribution in [2.75, 3.05) is 0 Å². The van der Waals surface area contributed by atoms with Crippen LogP contribution < -0.4 is 0 Å². The molecule has 0 aliphatic rings. The summed E-state index contributed by atoms with van der Waals surface area (Å²) in [6, 6.07) is 13.5. The van der Waals surface area contributed by atoms with Crippen LogP contribution in [0.25, 0.3) is 21.5 Å². The van der Waals surface area contributed by atoms with Gasteiger partial charge in [-0.05, 0) is 36.1 Å². The number of nitrogens with zero attached hydrogens (tertiary/aromatic N) is 3. The number of thiophene rings is 1. The molecule has 8 nitrogen and oxygen atoms in total. The van der Waals surface area contributed by atoms with Gasteiger partial charge in [0, 0.05) is 22.4 Å². The zero-order valence-corrected chi connectivity index (χ0v) is 15.4. The molecule has 2 aromatic heterocycles. The van der Waals surface area contributed by atoms with Gasteiger partial charge in [0.25, 0.3) is 11.6 Å². The zero-order chi connectivity index (χ0) is 19.7. The minimum Gasteiger partial charge on any atom is -0.451 e. The number of non-ortho nitro benzene ring substituents is 1. The minimum absolute atomic E-state index is 0.0314. The maximum absolute atomic E-state index is 12.4. The van der Waals surface area contributed by atoms with Gasteiger partial charge in [0.1, 0.15) is 4.88 Å². The van der Waals surface area contributed by atoms with E-state index >= 15 is 0 Å². The first kappa shape index (κ1) is 17.8. The summed E-state index contributed by atoms with van der Waals surface area (Å²) < 4.78 is 11.8. The van der Waals surface area contributed by atoms with Crippen LogP contribution in [0.15, 0.2) is 52.9 Å². The van der Waals surface area contributed by atoms with E-state index in [9.17, 15) is 14.9 Å². The van der Waals surface area contributed by atoms with Crippen molar-refractivity contribution < 1.29 is 18.9 Å². The van der Waals surface area contributed by atoms with Crippen molar-refractivity contribution in [2.24, 2.45) is 0 Å². The highest BCUT2D eigenvalue weighted by Gasteiger charge is 2.18. The van der Waals surface area contributed by atoms with Crippen molar-refractivity contribution >= 4 is 33.1 Å². The second-order valence-electron chi connectivity index (χ2n) is 5.93. The van der Waals surface area contributed by atoms with Crippen LogP contribution in [0, 0.1) is 17.0 Å². The number of nitro groups is 1. The molecule has 0 aliphatic heterocycles. The second kappa shape index (κ2) is 7.20. The summed E-state index contributed by atoms with van der Waals surface area (Å²) in [7, 11) is 0. The summed E-state index contributed by atoms with van der Waals surface area (Å²) in [5, 5.41) is 19.5. The van der Waals surface area contributed by atoms with Crippen molar-refractivity contribution in [3.63, 3.8) is 0 Å². The van der Waals surface area contributed by atoms with Gasteiger partial charge >= 0.3 is 5.97 Å². The normalized spacial score (nSPS) is 10.9. The van der Waals surface area contributed by atoms with Crippen molar-refractivity contribution in [1.82, 2.24) is 10.2 Å². The van der Waals surface area contributed by atoms with Crippen LogP contribution in [0.4, 0.5) is 5.69 Å². The lowest BCUT2D eigenvalue weighted by atomic mass is 10.1. The molecule has 0 bridgehead atoms. The van der Waals surface area contributed by atoms with Crippen molar-refractivity contribution in [1.29, 1.82) is 0 Å². The fourth-order valence-corrected chi connectivity index (χ4v) is 3.82. The average Bonchev–Trinajstić information content (AvgIpc) is 3.31. The van der Waals surface area contributed by atoms with Crippen LogP contribution in [-0.4, -0.2) is 21.1 Å². The van der Waals surface area contributed by atoms with E-state index in [-0.39, 0.29) is 24.1 Å². The Labute approximate surface area is 162 Å². The molecule has 4 rings (SSSR count). The van der Waals surface area contributed by atoms with Crippen LogP contribution >= 0.6 is 11.3 Å². The van der Waals surface area contributed by atoms with Crippen LogP contribution in [0.1, 0.15) is 21.1 Å². The standard InChI is InChI=1S/C19H13N3O5S/c1-11-14-4-2-3-5-15(14)28-17(11)19(23)26-10-16-20-21-18(27-16)12-6-8-13(9-7-12)22(24)25/h2-9H,10H2,1H3. The average molecular weight is 395 g/mol. The predicted molar refractivity (Wildman–Crippen MR) is 102 cm³/mol.